The quantitative estimate of drug-likeness (QED) is 0.617. The number of benzene rings is 2. The van der Waals surface area contributed by atoms with E-state index in [-0.39, 0.29) is 11.7 Å². The second-order valence-electron chi connectivity index (χ2n) is 5.77. The van der Waals surface area contributed by atoms with E-state index in [0.717, 1.165) is 15.5 Å². The number of hydrogen-bond acceptors (Lipinski definition) is 4. The van der Waals surface area contributed by atoms with Crippen LogP contribution in [-0.4, -0.2) is 18.2 Å². The minimum atomic E-state index is -0.125. The zero-order valence-electron chi connectivity index (χ0n) is 14.4. The Hall–Kier alpha value is -2.92. The number of ether oxygens (including phenoxy) is 1. The molecule has 1 N–H and O–H groups in total. The Labute approximate surface area is 156 Å². The van der Waals surface area contributed by atoms with Crippen LogP contribution in [0.5, 0.6) is 11.5 Å². The molecule has 0 spiro atoms. The SMILES string of the molecule is CC(=O)c1ccc(CCNC(=O)c2ccc(Oc3ccccc3)cc2)s1. The number of carbonyl (C=O) groups excluding carboxylic acids is 2. The van der Waals surface area contributed by atoms with Crippen LogP contribution in [0.4, 0.5) is 0 Å². The molecule has 4 nitrogen and oxygen atoms in total. The highest BCUT2D eigenvalue weighted by Gasteiger charge is 2.07. The highest BCUT2D eigenvalue weighted by molar-refractivity contribution is 7.14. The van der Waals surface area contributed by atoms with E-state index in [2.05, 4.69) is 5.32 Å². The smallest absolute Gasteiger partial charge is 0.251 e. The van der Waals surface area contributed by atoms with Crippen LogP contribution in [0.1, 0.15) is 31.8 Å². The lowest BCUT2D eigenvalue weighted by atomic mass is 10.2. The summed E-state index contributed by atoms with van der Waals surface area (Å²) in [6, 6.07) is 20.3. The van der Waals surface area contributed by atoms with Gasteiger partial charge >= 0.3 is 0 Å². The Kier molecular flexibility index (Phi) is 5.81. The number of para-hydroxylation sites is 1. The van der Waals surface area contributed by atoms with Crippen LogP contribution < -0.4 is 10.1 Å². The van der Waals surface area contributed by atoms with Crippen LogP contribution in [0.2, 0.25) is 0 Å². The average Bonchev–Trinajstić information content (AvgIpc) is 3.12. The van der Waals surface area contributed by atoms with E-state index < -0.39 is 0 Å². The van der Waals surface area contributed by atoms with E-state index >= 15 is 0 Å². The van der Waals surface area contributed by atoms with E-state index in [0.29, 0.717) is 24.3 Å². The Morgan fingerprint density at radius 2 is 1.62 bits per heavy atom. The highest BCUT2D eigenvalue weighted by atomic mass is 32.1. The number of Topliss-reactive ketones (excluding diaryl/α,β-unsaturated/α-hetero) is 1. The first-order valence-electron chi connectivity index (χ1n) is 8.32. The summed E-state index contributed by atoms with van der Waals surface area (Å²) in [6.45, 7) is 2.08. The largest absolute Gasteiger partial charge is 0.457 e. The van der Waals surface area contributed by atoms with Crippen molar-refractivity contribution in [2.24, 2.45) is 0 Å². The van der Waals surface area contributed by atoms with Crippen molar-refractivity contribution in [3.63, 3.8) is 0 Å². The molecule has 0 bridgehead atoms. The third-order valence-electron chi connectivity index (χ3n) is 3.76. The molecule has 2 aromatic carbocycles. The minimum absolute atomic E-state index is 0.0723. The highest BCUT2D eigenvalue weighted by Crippen LogP contribution is 2.21. The van der Waals surface area contributed by atoms with Gasteiger partial charge in [-0.2, -0.15) is 0 Å². The van der Waals surface area contributed by atoms with Crippen molar-refractivity contribution in [3.8, 4) is 11.5 Å². The standard InChI is InChI=1S/C21H19NO3S/c1-15(23)20-12-11-19(26-20)13-14-22-21(24)16-7-9-18(10-8-16)25-17-5-3-2-4-6-17/h2-12H,13-14H2,1H3,(H,22,24). The lowest BCUT2D eigenvalue weighted by Gasteiger charge is -2.07. The van der Waals surface area contributed by atoms with Crippen LogP contribution in [0.15, 0.2) is 66.7 Å². The summed E-state index contributed by atoms with van der Waals surface area (Å²) >= 11 is 1.47. The predicted molar refractivity (Wildman–Crippen MR) is 103 cm³/mol. The molecule has 3 aromatic rings. The number of nitrogens with one attached hydrogen (secondary N) is 1. The van der Waals surface area contributed by atoms with E-state index in [1.165, 1.54) is 11.3 Å². The van der Waals surface area contributed by atoms with Crippen LogP contribution >= 0.6 is 11.3 Å². The number of rotatable bonds is 7. The Morgan fingerprint density at radius 3 is 2.27 bits per heavy atom. The van der Waals surface area contributed by atoms with Gasteiger partial charge in [-0.25, -0.2) is 0 Å². The predicted octanol–water partition coefficient (Wildman–Crippen LogP) is 4.72. The minimum Gasteiger partial charge on any atom is -0.457 e. The fraction of sp³-hybridized carbons (Fsp3) is 0.143. The van der Waals surface area contributed by atoms with E-state index in [9.17, 15) is 9.59 Å². The number of carbonyl (C=O) groups is 2. The average molecular weight is 365 g/mol. The molecular formula is C21H19NO3S. The summed E-state index contributed by atoms with van der Waals surface area (Å²) in [5, 5.41) is 2.90. The summed E-state index contributed by atoms with van der Waals surface area (Å²) in [7, 11) is 0. The second-order valence-corrected chi connectivity index (χ2v) is 6.94. The van der Waals surface area contributed by atoms with Crippen LogP contribution in [0.25, 0.3) is 0 Å². The maximum atomic E-state index is 12.2. The van der Waals surface area contributed by atoms with Crippen molar-refractivity contribution >= 4 is 23.0 Å². The zero-order chi connectivity index (χ0) is 18.4. The lowest BCUT2D eigenvalue weighted by Crippen LogP contribution is -2.25. The third-order valence-corrected chi connectivity index (χ3v) is 5.01. The van der Waals surface area contributed by atoms with Crippen molar-refractivity contribution in [2.45, 2.75) is 13.3 Å². The van der Waals surface area contributed by atoms with Crippen molar-refractivity contribution in [2.75, 3.05) is 6.54 Å². The number of ketones is 1. The summed E-state index contributed by atoms with van der Waals surface area (Å²) in [5.74, 6) is 1.39. The van der Waals surface area contributed by atoms with Gasteiger partial charge in [-0.05, 0) is 61.9 Å². The van der Waals surface area contributed by atoms with E-state index in [1.54, 1.807) is 31.2 Å². The molecule has 0 saturated carbocycles. The topological polar surface area (TPSA) is 55.4 Å². The molecule has 3 rings (SSSR count). The zero-order valence-corrected chi connectivity index (χ0v) is 15.2. The van der Waals surface area contributed by atoms with Gasteiger partial charge in [-0.1, -0.05) is 18.2 Å². The number of hydrogen-bond donors (Lipinski definition) is 1. The van der Waals surface area contributed by atoms with Gasteiger partial charge in [-0.3, -0.25) is 9.59 Å². The Bertz CT molecular complexity index is 885. The van der Waals surface area contributed by atoms with Gasteiger partial charge in [0.25, 0.3) is 5.91 Å². The maximum Gasteiger partial charge on any atom is 0.251 e. The first-order chi connectivity index (χ1) is 12.6. The van der Waals surface area contributed by atoms with Gasteiger partial charge in [0.2, 0.25) is 0 Å². The molecule has 0 fully saturated rings. The molecule has 0 aliphatic heterocycles. The van der Waals surface area contributed by atoms with E-state index in [4.69, 9.17) is 4.74 Å². The summed E-state index contributed by atoms with van der Waals surface area (Å²) in [5.41, 5.74) is 0.584. The first-order valence-corrected chi connectivity index (χ1v) is 9.14. The van der Waals surface area contributed by atoms with Crippen LogP contribution in [-0.2, 0) is 6.42 Å². The molecule has 0 atom stereocenters. The molecule has 132 valence electrons. The molecular weight excluding hydrogens is 346 g/mol. The molecule has 0 aliphatic carbocycles. The molecule has 0 aliphatic rings. The van der Waals surface area contributed by atoms with Crippen LogP contribution in [0, 0.1) is 0 Å². The summed E-state index contributed by atoms with van der Waals surface area (Å²) in [4.78, 5) is 25.3. The molecule has 1 amide bonds. The molecule has 1 aromatic heterocycles. The van der Waals surface area contributed by atoms with Gasteiger partial charge in [0, 0.05) is 17.0 Å². The Balaban J connectivity index is 1.50. The first kappa shape index (κ1) is 17.9. The van der Waals surface area contributed by atoms with Crippen molar-refractivity contribution in [1.29, 1.82) is 0 Å². The fourth-order valence-electron chi connectivity index (χ4n) is 2.40. The molecule has 0 saturated heterocycles. The molecule has 0 radical (unpaired) electrons. The fourth-order valence-corrected chi connectivity index (χ4v) is 3.30. The second kappa shape index (κ2) is 8.45. The van der Waals surface area contributed by atoms with Gasteiger partial charge in [-0.15, -0.1) is 11.3 Å². The van der Waals surface area contributed by atoms with Crippen LogP contribution in [0.3, 0.4) is 0 Å². The van der Waals surface area contributed by atoms with Gasteiger partial charge in [0.05, 0.1) is 4.88 Å². The third kappa shape index (κ3) is 4.80. The lowest BCUT2D eigenvalue weighted by molar-refractivity contribution is 0.0953. The van der Waals surface area contributed by atoms with Gasteiger partial charge in [0.1, 0.15) is 11.5 Å². The Morgan fingerprint density at radius 1 is 0.923 bits per heavy atom. The molecule has 0 unspecified atom stereocenters. The summed E-state index contributed by atoms with van der Waals surface area (Å²) in [6.07, 6.45) is 0.707. The number of thiophene rings is 1. The van der Waals surface area contributed by atoms with Crippen molar-refractivity contribution in [1.82, 2.24) is 5.32 Å². The van der Waals surface area contributed by atoms with Gasteiger partial charge < -0.3 is 10.1 Å². The van der Waals surface area contributed by atoms with Crippen molar-refractivity contribution in [3.05, 3.63) is 82.0 Å². The van der Waals surface area contributed by atoms with E-state index in [1.807, 2.05) is 42.5 Å². The summed E-state index contributed by atoms with van der Waals surface area (Å²) < 4.78 is 5.72. The maximum absolute atomic E-state index is 12.2. The monoisotopic (exact) mass is 365 g/mol. The molecule has 26 heavy (non-hydrogen) atoms. The van der Waals surface area contributed by atoms with Crippen molar-refractivity contribution < 1.29 is 14.3 Å². The normalized spacial score (nSPS) is 10.3. The van der Waals surface area contributed by atoms with Gasteiger partial charge in [0.15, 0.2) is 5.78 Å². The number of amides is 1. The molecule has 5 heteroatoms. The molecule has 1 heterocycles.